The van der Waals surface area contributed by atoms with Gasteiger partial charge in [-0.05, 0) is 29.8 Å². The summed E-state index contributed by atoms with van der Waals surface area (Å²) in [6.45, 7) is -0.236. The molecule has 1 unspecified atom stereocenters. The van der Waals surface area contributed by atoms with E-state index in [1.54, 1.807) is 24.3 Å². The normalized spacial score (nSPS) is 12.3. The number of hydrogen-bond acceptors (Lipinski definition) is 4. The predicted octanol–water partition coefficient (Wildman–Crippen LogP) is 2.52. The first-order valence-corrected chi connectivity index (χ1v) is 6.81. The Balaban J connectivity index is 1.84. The predicted molar refractivity (Wildman–Crippen MR) is 77.5 cm³/mol. The molecule has 0 aliphatic carbocycles. The molecule has 0 fully saturated rings. The maximum atomic E-state index is 13.2. The summed E-state index contributed by atoms with van der Waals surface area (Å²) in [6, 6.07) is 11.8. The van der Waals surface area contributed by atoms with Crippen LogP contribution in [0.4, 0.5) is 8.78 Å². The summed E-state index contributed by atoms with van der Waals surface area (Å²) in [4.78, 5) is 11.8. The zero-order valence-corrected chi connectivity index (χ0v) is 11.8. The van der Waals surface area contributed by atoms with Crippen molar-refractivity contribution in [1.82, 2.24) is 9.78 Å². The molecule has 3 rings (SSSR count). The van der Waals surface area contributed by atoms with Crippen LogP contribution < -0.4 is 5.76 Å². The Labute approximate surface area is 129 Å². The minimum Gasteiger partial charge on any atom is -0.388 e. The molecule has 1 atom stereocenters. The van der Waals surface area contributed by atoms with E-state index in [9.17, 15) is 18.7 Å². The minimum atomic E-state index is -1.23. The Morgan fingerprint density at radius 1 is 1.13 bits per heavy atom. The molecule has 1 N–H and O–H groups in total. The van der Waals surface area contributed by atoms with Crippen LogP contribution in [-0.2, 0) is 6.54 Å². The molecular weight excluding hydrogens is 306 g/mol. The molecule has 2 aromatic carbocycles. The molecule has 0 saturated carbocycles. The highest BCUT2D eigenvalue weighted by atomic mass is 19.2. The van der Waals surface area contributed by atoms with E-state index in [0.29, 0.717) is 5.56 Å². The van der Waals surface area contributed by atoms with E-state index in [2.05, 4.69) is 5.10 Å². The molecule has 5 nitrogen and oxygen atoms in total. The lowest BCUT2D eigenvalue weighted by Crippen LogP contribution is -2.20. The van der Waals surface area contributed by atoms with Gasteiger partial charge in [0.1, 0.15) is 0 Å². The smallest absolute Gasteiger partial charge is 0.388 e. The lowest BCUT2D eigenvalue weighted by atomic mass is 10.1. The first-order valence-electron chi connectivity index (χ1n) is 6.81. The molecule has 0 radical (unpaired) electrons. The quantitative estimate of drug-likeness (QED) is 0.802. The van der Waals surface area contributed by atoms with Gasteiger partial charge in [-0.25, -0.2) is 13.6 Å². The molecular formula is C16H12F2N2O3. The second-order valence-electron chi connectivity index (χ2n) is 4.91. The SMILES string of the molecule is O=c1oc(-c2ccccc2)nn1CC(O)c1ccc(F)c(F)c1. The van der Waals surface area contributed by atoms with Gasteiger partial charge in [0.05, 0.1) is 12.6 Å². The number of halogens is 2. The number of rotatable bonds is 4. The lowest BCUT2D eigenvalue weighted by molar-refractivity contribution is 0.148. The van der Waals surface area contributed by atoms with Gasteiger partial charge in [0.2, 0.25) is 5.89 Å². The molecule has 3 aromatic rings. The van der Waals surface area contributed by atoms with E-state index < -0.39 is 23.5 Å². The van der Waals surface area contributed by atoms with Crippen LogP contribution in [-0.4, -0.2) is 14.9 Å². The number of aliphatic hydroxyl groups excluding tert-OH is 1. The van der Waals surface area contributed by atoms with Gasteiger partial charge in [-0.15, -0.1) is 5.10 Å². The third-order valence-corrected chi connectivity index (χ3v) is 3.30. The van der Waals surface area contributed by atoms with Crippen LogP contribution in [0.25, 0.3) is 11.5 Å². The lowest BCUT2D eigenvalue weighted by Gasteiger charge is -2.10. The molecule has 0 saturated heterocycles. The number of benzene rings is 2. The summed E-state index contributed by atoms with van der Waals surface area (Å²) in [6.07, 6.45) is -1.23. The van der Waals surface area contributed by atoms with Crippen LogP contribution in [0.3, 0.4) is 0 Å². The summed E-state index contributed by atoms with van der Waals surface area (Å²) in [7, 11) is 0. The minimum absolute atomic E-state index is 0.119. The summed E-state index contributed by atoms with van der Waals surface area (Å²) in [5.41, 5.74) is 0.755. The third kappa shape index (κ3) is 3.19. The van der Waals surface area contributed by atoms with Crippen molar-refractivity contribution in [3.8, 4) is 11.5 Å². The highest BCUT2D eigenvalue weighted by molar-refractivity contribution is 5.51. The fourth-order valence-electron chi connectivity index (χ4n) is 2.11. The fraction of sp³-hybridized carbons (Fsp3) is 0.125. The zero-order chi connectivity index (χ0) is 16.4. The van der Waals surface area contributed by atoms with Gasteiger partial charge in [-0.2, -0.15) is 4.68 Å². The second-order valence-corrected chi connectivity index (χ2v) is 4.91. The van der Waals surface area contributed by atoms with E-state index in [1.807, 2.05) is 6.07 Å². The third-order valence-electron chi connectivity index (χ3n) is 3.30. The van der Waals surface area contributed by atoms with Gasteiger partial charge >= 0.3 is 5.76 Å². The maximum absolute atomic E-state index is 13.2. The van der Waals surface area contributed by atoms with Crippen molar-refractivity contribution < 1.29 is 18.3 Å². The van der Waals surface area contributed by atoms with Gasteiger partial charge in [0.15, 0.2) is 11.6 Å². The Kier molecular flexibility index (Phi) is 4.03. The molecule has 118 valence electrons. The van der Waals surface area contributed by atoms with Crippen molar-refractivity contribution in [2.24, 2.45) is 0 Å². The Morgan fingerprint density at radius 2 is 1.87 bits per heavy atom. The van der Waals surface area contributed by atoms with Crippen LogP contribution in [0.15, 0.2) is 57.7 Å². The monoisotopic (exact) mass is 318 g/mol. The molecule has 7 heteroatoms. The number of nitrogens with zero attached hydrogens (tertiary/aromatic N) is 2. The summed E-state index contributed by atoms with van der Waals surface area (Å²) in [5, 5.41) is 14.1. The topological polar surface area (TPSA) is 68.3 Å². The van der Waals surface area contributed by atoms with E-state index in [1.165, 1.54) is 6.07 Å². The number of hydrogen-bond donors (Lipinski definition) is 1. The number of aromatic nitrogens is 2. The van der Waals surface area contributed by atoms with Crippen LogP contribution in [0.5, 0.6) is 0 Å². The zero-order valence-electron chi connectivity index (χ0n) is 11.8. The molecule has 0 aliphatic heterocycles. The molecule has 23 heavy (non-hydrogen) atoms. The first kappa shape index (κ1) is 15.1. The summed E-state index contributed by atoms with van der Waals surface area (Å²) < 4.78 is 32.1. The van der Waals surface area contributed by atoms with E-state index in [0.717, 1.165) is 16.8 Å². The van der Waals surface area contributed by atoms with Crippen molar-refractivity contribution >= 4 is 0 Å². The second kappa shape index (κ2) is 6.13. The molecule has 0 spiro atoms. The first-order chi connectivity index (χ1) is 11.0. The van der Waals surface area contributed by atoms with Crippen LogP contribution in [0.2, 0.25) is 0 Å². The van der Waals surface area contributed by atoms with Gasteiger partial charge in [-0.3, -0.25) is 0 Å². The van der Waals surface area contributed by atoms with Crippen molar-refractivity contribution in [3.05, 3.63) is 76.3 Å². The van der Waals surface area contributed by atoms with Gasteiger partial charge in [0.25, 0.3) is 0 Å². The van der Waals surface area contributed by atoms with Gasteiger partial charge < -0.3 is 9.52 Å². The van der Waals surface area contributed by atoms with Crippen molar-refractivity contribution in [2.75, 3.05) is 0 Å². The van der Waals surface area contributed by atoms with E-state index in [4.69, 9.17) is 4.42 Å². The van der Waals surface area contributed by atoms with Gasteiger partial charge in [-0.1, -0.05) is 24.3 Å². The largest absolute Gasteiger partial charge is 0.437 e. The van der Waals surface area contributed by atoms with Crippen molar-refractivity contribution in [1.29, 1.82) is 0 Å². The average molecular weight is 318 g/mol. The van der Waals surface area contributed by atoms with Crippen LogP contribution in [0.1, 0.15) is 11.7 Å². The van der Waals surface area contributed by atoms with E-state index >= 15 is 0 Å². The Hall–Kier alpha value is -2.80. The fourth-order valence-corrected chi connectivity index (χ4v) is 2.11. The van der Waals surface area contributed by atoms with Crippen LogP contribution in [0, 0.1) is 11.6 Å². The van der Waals surface area contributed by atoms with Crippen molar-refractivity contribution in [2.45, 2.75) is 12.6 Å². The number of aliphatic hydroxyl groups is 1. The highest BCUT2D eigenvalue weighted by Crippen LogP contribution is 2.19. The van der Waals surface area contributed by atoms with Crippen LogP contribution >= 0.6 is 0 Å². The summed E-state index contributed by atoms with van der Waals surface area (Å²) >= 11 is 0. The summed E-state index contributed by atoms with van der Waals surface area (Å²) in [5.74, 6) is -2.71. The average Bonchev–Trinajstić information content (AvgIpc) is 2.92. The molecule has 0 amide bonds. The Bertz CT molecular complexity index is 875. The van der Waals surface area contributed by atoms with E-state index in [-0.39, 0.29) is 18.0 Å². The van der Waals surface area contributed by atoms with Crippen molar-refractivity contribution in [3.63, 3.8) is 0 Å². The molecule has 0 bridgehead atoms. The molecule has 1 aromatic heterocycles. The molecule has 1 heterocycles. The highest BCUT2D eigenvalue weighted by Gasteiger charge is 2.16. The maximum Gasteiger partial charge on any atom is 0.437 e. The standard InChI is InChI=1S/C16H12F2N2O3/c17-12-7-6-11(8-13(12)18)14(21)9-20-16(22)23-15(19-20)10-4-2-1-3-5-10/h1-8,14,21H,9H2. The molecule has 0 aliphatic rings. The Morgan fingerprint density at radius 3 is 2.57 bits per heavy atom. The van der Waals surface area contributed by atoms with Gasteiger partial charge in [0, 0.05) is 5.56 Å².